The Morgan fingerprint density at radius 1 is 1.45 bits per heavy atom. The first-order chi connectivity index (χ1) is 10.5. The van der Waals surface area contributed by atoms with Crippen LogP contribution in [0.3, 0.4) is 0 Å². The number of carbonyl (C=O) groups excluding carboxylic acids is 1. The minimum atomic E-state index is -0.408. The van der Waals surface area contributed by atoms with Gasteiger partial charge in [0, 0.05) is 18.8 Å². The normalized spacial score (nSPS) is 10.6. The van der Waals surface area contributed by atoms with Crippen molar-refractivity contribution in [1.29, 1.82) is 0 Å². The number of aromatic nitrogens is 5. The average molecular weight is 319 g/mol. The number of aromatic amines is 1. The summed E-state index contributed by atoms with van der Waals surface area (Å²) in [6.07, 6.45) is 3.11. The van der Waals surface area contributed by atoms with Crippen LogP contribution in [0.2, 0.25) is 5.02 Å². The number of aryl methyl sites for hydroxylation is 1. The van der Waals surface area contributed by atoms with Gasteiger partial charge in [0.05, 0.1) is 11.3 Å². The molecule has 1 amide bonds. The largest absolute Gasteiger partial charge is 0.506 e. The molecule has 0 aliphatic rings. The van der Waals surface area contributed by atoms with Crippen LogP contribution in [0.4, 0.5) is 5.95 Å². The predicted octanol–water partition coefficient (Wildman–Crippen LogP) is 1.82. The number of amides is 1. The summed E-state index contributed by atoms with van der Waals surface area (Å²) in [5.41, 5.74) is 0.898. The van der Waals surface area contributed by atoms with Gasteiger partial charge >= 0.3 is 0 Å². The predicted molar refractivity (Wildman–Crippen MR) is 79.7 cm³/mol. The van der Waals surface area contributed by atoms with E-state index in [1.165, 1.54) is 12.4 Å². The van der Waals surface area contributed by atoms with Gasteiger partial charge in [0.1, 0.15) is 11.4 Å². The number of nitrogens with zero attached hydrogens (tertiary/aromatic N) is 4. The lowest BCUT2D eigenvalue weighted by atomic mass is 10.2. The first-order valence-corrected chi connectivity index (χ1v) is 6.61. The highest BCUT2D eigenvalue weighted by Crippen LogP contribution is 2.27. The molecule has 1 aromatic carbocycles. The molecular formula is C13H11ClN6O2. The maximum atomic E-state index is 11.9. The van der Waals surface area contributed by atoms with Crippen LogP contribution in [0.15, 0.2) is 30.7 Å². The van der Waals surface area contributed by atoms with Crippen molar-refractivity contribution >= 4 is 23.5 Å². The van der Waals surface area contributed by atoms with Crippen molar-refractivity contribution < 1.29 is 9.90 Å². The first kappa shape index (κ1) is 14.1. The van der Waals surface area contributed by atoms with Gasteiger partial charge in [0.15, 0.2) is 5.82 Å². The maximum Gasteiger partial charge on any atom is 0.278 e. The van der Waals surface area contributed by atoms with Crippen molar-refractivity contribution in [2.45, 2.75) is 0 Å². The molecule has 22 heavy (non-hydrogen) atoms. The quantitative estimate of drug-likeness (QED) is 0.682. The van der Waals surface area contributed by atoms with E-state index in [9.17, 15) is 9.90 Å². The Balaban J connectivity index is 1.78. The zero-order chi connectivity index (χ0) is 15.7. The Labute approximate surface area is 129 Å². The summed E-state index contributed by atoms with van der Waals surface area (Å²) in [5, 5.41) is 18.7. The van der Waals surface area contributed by atoms with Gasteiger partial charge in [-0.25, -0.2) is 4.98 Å². The van der Waals surface area contributed by atoms with Crippen molar-refractivity contribution in [3.63, 3.8) is 0 Å². The van der Waals surface area contributed by atoms with Crippen molar-refractivity contribution in [2.24, 2.45) is 7.05 Å². The van der Waals surface area contributed by atoms with E-state index in [0.29, 0.717) is 11.4 Å². The molecule has 2 aromatic heterocycles. The summed E-state index contributed by atoms with van der Waals surface area (Å²) >= 11 is 5.84. The molecule has 0 saturated heterocycles. The molecular weight excluding hydrogens is 308 g/mol. The van der Waals surface area contributed by atoms with Crippen molar-refractivity contribution in [3.05, 3.63) is 41.4 Å². The van der Waals surface area contributed by atoms with Gasteiger partial charge in [-0.1, -0.05) is 11.6 Å². The zero-order valence-corrected chi connectivity index (χ0v) is 12.2. The van der Waals surface area contributed by atoms with Crippen LogP contribution in [0.5, 0.6) is 5.75 Å². The molecule has 0 bridgehead atoms. The number of halogens is 1. The molecule has 0 saturated carbocycles. The topological polar surface area (TPSA) is 109 Å². The summed E-state index contributed by atoms with van der Waals surface area (Å²) in [5.74, 6) is 0.108. The van der Waals surface area contributed by atoms with Crippen LogP contribution < -0.4 is 5.32 Å². The van der Waals surface area contributed by atoms with E-state index in [0.717, 1.165) is 0 Å². The first-order valence-electron chi connectivity index (χ1n) is 6.23. The fourth-order valence-electron chi connectivity index (χ4n) is 1.80. The highest BCUT2D eigenvalue weighted by molar-refractivity contribution is 6.32. The second-order valence-electron chi connectivity index (χ2n) is 4.55. The molecule has 0 radical (unpaired) electrons. The number of nitrogens with one attached hydrogen (secondary N) is 2. The highest BCUT2D eigenvalue weighted by atomic mass is 35.5. The SMILES string of the molecule is Cn1cnc(C(=O)Nc2n[nH]c(-c3ccc(O)c(Cl)c3)n2)c1. The fraction of sp³-hybridized carbons (Fsp3) is 0.0769. The van der Waals surface area contributed by atoms with E-state index >= 15 is 0 Å². The van der Waals surface area contributed by atoms with Gasteiger partial charge in [0.2, 0.25) is 5.95 Å². The van der Waals surface area contributed by atoms with Crippen LogP contribution in [-0.2, 0) is 7.05 Å². The molecule has 0 unspecified atom stereocenters. The number of H-pyrrole nitrogens is 1. The van der Waals surface area contributed by atoms with Gasteiger partial charge in [-0.3, -0.25) is 15.2 Å². The molecule has 0 spiro atoms. The number of anilines is 1. The lowest BCUT2D eigenvalue weighted by molar-refractivity contribution is 0.102. The second-order valence-corrected chi connectivity index (χ2v) is 4.96. The van der Waals surface area contributed by atoms with Crippen LogP contribution in [0.1, 0.15) is 10.5 Å². The Hall–Kier alpha value is -2.87. The number of aromatic hydroxyl groups is 1. The minimum Gasteiger partial charge on any atom is -0.506 e. The molecule has 9 heteroatoms. The summed E-state index contributed by atoms with van der Waals surface area (Å²) in [7, 11) is 1.77. The molecule has 0 aliphatic heterocycles. The molecule has 112 valence electrons. The van der Waals surface area contributed by atoms with E-state index < -0.39 is 5.91 Å². The monoisotopic (exact) mass is 318 g/mol. The smallest absolute Gasteiger partial charge is 0.278 e. The Kier molecular flexibility index (Phi) is 3.51. The third kappa shape index (κ3) is 2.77. The Morgan fingerprint density at radius 2 is 2.27 bits per heavy atom. The molecule has 3 aromatic rings. The number of hydrogen-bond acceptors (Lipinski definition) is 5. The van der Waals surface area contributed by atoms with E-state index in [1.54, 1.807) is 29.9 Å². The van der Waals surface area contributed by atoms with Gasteiger partial charge in [0.25, 0.3) is 5.91 Å². The fourth-order valence-corrected chi connectivity index (χ4v) is 1.98. The number of carbonyl (C=O) groups is 1. The number of hydrogen-bond donors (Lipinski definition) is 3. The molecule has 2 heterocycles. The lowest BCUT2D eigenvalue weighted by Gasteiger charge is -1.99. The molecule has 8 nitrogen and oxygen atoms in total. The molecule has 3 N–H and O–H groups in total. The summed E-state index contributed by atoms with van der Waals surface area (Å²) in [4.78, 5) is 20.0. The number of rotatable bonds is 3. The van der Waals surface area contributed by atoms with E-state index in [-0.39, 0.29) is 22.4 Å². The number of imidazole rings is 1. The zero-order valence-electron chi connectivity index (χ0n) is 11.4. The van der Waals surface area contributed by atoms with Gasteiger partial charge < -0.3 is 9.67 Å². The molecule has 3 rings (SSSR count). The second kappa shape index (κ2) is 5.49. The summed E-state index contributed by atoms with van der Waals surface area (Å²) in [6, 6.07) is 4.63. The maximum absolute atomic E-state index is 11.9. The van der Waals surface area contributed by atoms with Crippen LogP contribution in [0, 0.1) is 0 Å². The van der Waals surface area contributed by atoms with E-state index in [1.807, 2.05) is 0 Å². The molecule has 0 fully saturated rings. The van der Waals surface area contributed by atoms with Crippen molar-refractivity contribution in [1.82, 2.24) is 24.7 Å². The van der Waals surface area contributed by atoms with Gasteiger partial charge in [-0.15, -0.1) is 5.10 Å². The van der Waals surface area contributed by atoms with E-state index in [2.05, 4.69) is 25.5 Å². The lowest BCUT2D eigenvalue weighted by Crippen LogP contribution is -2.13. The Morgan fingerprint density at radius 3 is 2.95 bits per heavy atom. The van der Waals surface area contributed by atoms with E-state index in [4.69, 9.17) is 11.6 Å². The molecule has 0 atom stereocenters. The van der Waals surface area contributed by atoms with Gasteiger partial charge in [-0.05, 0) is 18.2 Å². The number of phenolic OH excluding ortho intramolecular Hbond substituents is 1. The number of phenols is 1. The standard InChI is InChI=1S/C13H11ClN6O2/c1-20-5-9(15-6-20)12(22)17-13-16-11(18-19-13)7-2-3-10(21)8(14)4-7/h2-6,21H,1H3,(H2,16,17,18,19,22). The minimum absolute atomic E-state index is 0.0198. The average Bonchev–Trinajstić information content (AvgIpc) is 3.11. The summed E-state index contributed by atoms with van der Waals surface area (Å²) in [6.45, 7) is 0. The summed E-state index contributed by atoms with van der Waals surface area (Å²) < 4.78 is 1.66. The Bertz CT molecular complexity index is 841. The highest BCUT2D eigenvalue weighted by Gasteiger charge is 2.13. The molecule has 0 aliphatic carbocycles. The third-order valence-electron chi connectivity index (χ3n) is 2.87. The van der Waals surface area contributed by atoms with Gasteiger partial charge in [-0.2, -0.15) is 4.98 Å². The van der Waals surface area contributed by atoms with Crippen LogP contribution in [-0.4, -0.2) is 35.7 Å². The number of benzene rings is 1. The van der Waals surface area contributed by atoms with Crippen LogP contribution in [0.25, 0.3) is 11.4 Å². The van der Waals surface area contributed by atoms with Crippen molar-refractivity contribution in [3.8, 4) is 17.1 Å². The van der Waals surface area contributed by atoms with Crippen molar-refractivity contribution in [2.75, 3.05) is 5.32 Å². The third-order valence-corrected chi connectivity index (χ3v) is 3.17. The van der Waals surface area contributed by atoms with Crippen LogP contribution >= 0.6 is 11.6 Å².